The molecule has 104 valence electrons. The van der Waals surface area contributed by atoms with Crippen LogP contribution in [-0.4, -0.2) is 34.9 Å². The predicted octanol–water partition coefficient (Wildman–Crippen LogP) is 2.56. The van der Waals surface area contributed by atoms with E-state index in [1.165, 1.54) is 0 Å². The van der Waals surface area contributed by atoms with Gasteiger partial charge in [-0.25, -0.2) is 0 Å². The van der Waals surface area contributed by atoms with Crippen LogP contribution in [0, 0.1) is 0 Å². The summed E-state index contributed by atoms with van der Waals surface area (Å²) >= 11 is 3.43. The smallest absolute Gasteiger partial charge is 0.254 e. The molecule has 2 aromatic rings. The van der Waals surface area contributed by atoms with Crippen LogP contribution in [-0.2, 0) is 0 Å². The van der Waals surface area contributed by atoms with Crippen molar-refractivity contribution in [1.82, 2.24) is 9.88 Å². The van der Waals surface area contributed by atoms with Gasteiger partial charge in [-0.05, 0) is 31.0 Å². The number of benzene rings is 1. The highest BCUT2D eigenvalue weighted by Gasteiger charge is 2.29. The van der Waals surface area contributed by atoms with Crippen molar-refractivity contribution in [1.29, 1.82) is 0 Å². The van der Waals surface area contributed by atoms with E-state index in [1.54, 1.807) is 12.3 Å². The number of fused-ring (bicyclic) bond motifs is 1. The number of nitrogens with zero attached hydrogens (tertiary/aromatic N) is 2. The van der Waals surface area contributed by atoms with Crippen LogP contribution in [0.15, 0.2) is 34.9 Å². The molecule has 20 heavy (non-hydrogen) atoms. The van der Waals surface area contributed by atoms with Gasteiger partial charge in [0.05, 0.1) is 11.1 Å². The van der Waals surface area contributed by atoms with Crippen molar-refractivity contribution in [3.8, 4) is 0 Å². The number of halogens is 1. The van der Waals surface area contributed by atoms with Crippen molar-refractivity contribution in [3.63, 3.8) is 0 Å². The van der Waals surface area contributed by atoms with Crippen LogP contribution in [0.4, 0.5) is 0 Å². The number of rotatable bonds is 2. The summed E-state index contributed by atoms with van der Waals surface area (Å²) in [6.45, 7) is 1.32. The molecule has 1 amide bonds. The molecule has 0 saturated carbocycles. The average Bonchev–Trinajstić information content (AvgIpc) is 2.94. The number of nitrogens with two attached hydrogens (primary N) is 1. The third-order valence-corrected chi connectivity index (χ3v) is 4.34. The number of carbonyl (C=O) groups is 1. The van der Waals surface area contributed by atoms with Gasteiger partial charge in [0.2, 0.25) is 0 Å². The van der Waals surface area contributed by atoms with Gasteiger partial charge < -0.3 is 10.6 Å². The number of pyridine rings is 1. The molecule has 0 bridgehead atoms. The molecule has 3 rings (SSSR count). The maximum atomic E-state index is 12.7. The quantitative estimate of drug-likeness (QED) is 0.918. The second kappa shape index (κ2) is 5.50. The molecule has 1 aliphatic rings. The van der Waals surface area contributed by atoms with Crippen molar-refractivity contribution >= 4 is 32.7 Å². The Morgan fingerprint density at radius 2 is 2.30 bits per heavy atom. The molecule has 0 aliphatic carbocycles. The van der Waals surface area contributed by atoms with Gasteiger partial charge in [-0.1, -0.05) is 22.0 Å². The van der Waals surface area contributed by atoms with Gasteiger partial charge in [0.25, 0.3) is 5.91 Å². The van der Waals surface area contributed by atoms with Gasteiger partial charge >= 0.3 is 0 Å². The maximum Gasteiger partial charge on any atom is 0.254 e. The van der Waals surface area contributed by atoms with Gasteiger partial charge in [0.15, 0.2) is 0 Å². The average molecular weight is 334 g/mol. The van der Waals surface area contributed by atoms with E-state index in [1.807, 2.05) is 23.1 Å². The van der Waals surface area contributed by atoms with Crippen molar-refractivity contribution in [2.45, 2.75) is 18.9 Å². The normalized spacial score (nSPS) is 18.7. The number of carbonyl (C=O) groups excluding carboxylic acids is 1. The first-order valence-electron chi connectivity index (χ1n) is 6.76. The van der Waals surface area contributed by atoms with Gasteiger partial charge in [0, 0.05) is 35.2 Å². The molecule has 1 fully saturated rings. The summed E-state index contributed by atoms with van der Waals surface area (Å²) in [6.07, 6.45) is 3.72. The second-order valence-electron chi connectivity index (χ2n) is 5.05. The molecular weight excluding hydrogens is 318 g/mol. The molecule has 4 nitrogen and oxygen atoms in total. The Bertz CT molecular complexity index is 659. The fraction of sp³-hybridized carbons (Fsp3) is 0.333. The van der Waals surface area contributed by atoms with Crippen LogP contribution in [0.3, 0.4) is 0 Å². The molecule has 0 spiro atoms. The fourth-order valence-electron chi connectivity index (χ4n) is 2.81. The molecule has 1 saturated heterocycles. The summed E-state index contributed by atoms with van der Waals surface area (Å²) in [5.74, 6) is 0.0627. The zero-order chi connectivity index (χ0) is 14.1. The fourth-order valence-corrected chi connectivity index (χ4v) is 3.16. The number of hydrogen-bond donors (Lipinski definition) is 1. The second-order valence-corrected chi connectivity index (χ2v) is 5.97. The highest BCUT2D eigenvalue weighted by Crippen LogP contribution is 2.25. The van der Waals surface area contributed by atoms with Gasteiger partial charge in [-0.2, -0.15) is 0 Å². The van der Waals surface area contributed by atoms with E-state index >= 15 is 0 Å². The third kappa shape index (κ3) is 2.31. The molecule has 2 N–H and O–H groups in total. The predicted molar refractivity (Wildman–Crippen MR) is 82.6 cm³/mol. The minimum Gasteiger partial charge on any atom is -0.334 e. The minimum atomic E-state index is 0.0627. The number of hydrogen-bond acceptors (Lipinski definition) is 3. The Hall–Kier alpha value is -1.46. The standard InChI is InChI=1S/C15H16BrN3O/c16-10-3-4-12-13(5-6-18-14(12)8-10)15(20)19-7-1-2-11(19)9-17/h3-6,8,11H,1-2,7,9,17H2/t11-/m0/s1. The lowest BCUT2D eigenvalue weighted by atomic mass is 10.1. The molecule has 0 radical (unpaired) electrons. The summed E-state index contributed by atoms with van der Waals surface area (Å²) in [6, 6.07) is 7.76. The van der Waals surface area contributed by atoms with Crippen LogP contribution in [0.2, 0.25) is 0 Å². The SMILES string of the molecule is NC[C@@H]1CCCN1C(=O)c1ccnc2cc(Br)ccc12. The van der Waals surface area contributed by atoms with E-state index in [-0.39, 0.29) is 11.9 Å². The largest absolute Gasteiger partial charge is 0.334 e. The van der Waals surface area contributed by atoms with Gasteiger partial charge in [-0.3, -0.25) is 9.78 Å². The van der Waals surface area contributed by atoms with Crippen molar-refractivity contribution < 1.29 is 4.79 Å². The summed E-state index contributed by atoms with van der Waals surface area (Å²) in [4.78, 5) is 19.0. The molecule has 1 aromatic heterocycles. The van der Waals surface area contributed by atoms with Crippen molar-refractivity contribution in [3.05, 3.63) is 40.5 Å². The first kappa shape index (κ1) is 13.5. The zero-order valence-corrected chi connectivity index (χ0v) is 12.6. The minimum absolute atomic E-state index is 0.0627. The maximum absolute atomic E-state index is 12.7. The van der Waals surface area contributed by atoms with E-state index in [9.17, 15) is 4.79 Å². The van der Waals surface area contributed by atoms with E-state index in [0.29, 0.717) is 12.1 Å². The molecule has 2 heterocycles. The van der Waals surface area contributed by atoms with Crippen LogP contribution < -0.4 is 5.73 Å². The van der Waals surface area contributed by atoms with E-state index in [2.05, 4.69) is 20.9 Å². The van der Waals surface area contributed by atoms with Gasteiger partial charge in [-0.15, -0.1) is 0 Å². The topological polar surface area (TPSA) is 59.2 Å². The molecule has 1 atom stereocenters. The first-order chi connectivity index (χ1) is 9.70. The zero-order valence-electron chi connectivity index (χ0n) is 11.1. The summed E-state index contributed by atoms with van der Waals surface area (Å²) in [7, 11) is 0. The van der Waals surface area contributed by atoms with Crippen molar-refractivity contribution in [2.24, 2.45) is 5.73 Å². The van der Waals surface area contributed by atoms with Crippen LogP contribution >= 0.6 is 15.9 Å². The Morgan fingerprint density at radius 3 is 3.10 bits per heavy atom. The molecule has 0 unspecified atom stereocenters. The van der Waals surface area contributed by atoms with Crippen LogP contribution in [0.25, 0.3) is 10.9 Å². The Balaban J connectivity index is 2.03. The molecule has 1 aliphatic heterocycles. The summed E-state index contributed by atoms with van der Waals surface area (Å²) in [5.41, 5.74) is 7.30. The van der Waals surface area contributed by atoms with E-state index < -0.39 is 0 Å². The molecular formula is C15H16BrN3O. The van der Waals surface area contributed by atoms with Crippen LogP contribution in [0.1, 0.15) is 23.2 Å². The lowest BCUT2D eigenvalue weighted by Gasteiger charge is -2.24. The number of likely N-dealkylation sites (tertiary alicyclic amines) is 1. The van der Waals surface area contributed by atoms with E-state index in [4.69, 9.17) is 5.73 Å². The Labute approximate surface area is 126 Å². The Kier molecular flexibility index (Phi) is 3.72. The van der Waals surface area contributed by atoms with Crippen molar-refractivity contribution in [2.75, 3.05) is 13.1 Å². The number of amides is 1. The summed E-state index contributed by atoms with van der Waals surface area (Å²) < 4.78 is 0.961. The molecule has 1 aromatic carbocycles. The van der Waals surface area contributed by atoms with E-state index in [0.717, 1.165) is 34.8 Å². The lowest BCUT2D eigenvalue weighted by Crippen LogP contribution is -2.40. The third-order valence-electron chi connectivity index (χ3n) is 3.85. The summed E-state index contributed by atoms with van der Waals surface area (Å²) in [5, 5.41) is 0.892. The highest BCUT2D eigenvalue weighted by atomic mass is 79.9. The Morgan fingerprint density at radius 1 is 1.45 bits per heavy atom. The van der Waals surface area contributed by atoms with Gasteiger partial charge in [0.1, 0.15) is 0 Å². The number of aromatic nitrogens is 1. The lowest BCUT2D eigenvalue weighted by molar-refractivity contribution is 0.0743. The first-order valence-corrected chi connectivity index (χ1v) is 7.55. The highest BCUT2D eigenvalue weighted by molar-refractivity contribution is 9.10. The molecule has 5 heteroatoms. The monoisotopic (exact) mass is 333 g/mol. The van der Waals surface area contributed by atoms with Crippen LogP contribution in [0.5, 0.6) is 0 Å².